The van der Waals surface area contributed by atoms with Gasteiger partial charge in [-0.15, -0.1) is 0 Å². The molecule has 0 atom stereocenters. The van der Waals surface area contributed by atoms with E-state index in [9.17, 15) is 0 Å². The molecule has 4 heteroatoms. The molecule has 0 unspecified atom stereocenters. The second kappa shape index (κ2) is 5.60. The molecule has 0 amide bonds. The van der Waals surface area contributed by atoms with Crippen LogP contribution >= 0.6 is 12.2 Å². The van der Waals surface area contributed by atoms with Crippen LogP contribution in [0.2, 0.25) is 0 Å². The average molecular weight is 258 g/mol. The van der Waals surface area contributed by atoms with E-state index in [0.29, 0.717) is 11.4 Å². The third-order valence-electron chi connectivity index (χ3n) is 2.56. The molecule has 0 bridgehead atoms. The average Bonchev–Trinajstić information content (AvgIpc) is 2.40. The maximum absolute atomic E-state index is 5.67. The minimum atomic E-state index is 0.286. The predicted octanol–water partition coefficient (Wildman–Crippen LogP) is 3.07. The van der Waals surface area contributed by atoms with Gasteiger partial charge in [0, 0.05) is 0 Å². The summed E-state index contributed by atoms with van der Waals surface area (Å²) in [6.07, 6.45) is 2.63. The molecule has 0 saturated carbocycles. The number of hydrogen-bond acceptors (Lipinski definition) is 3. The highest BCUT2D eigenvalue weighted by Gasteiger charge is 2.00. The van der Waals surface area contributed by atoms with Gasteiger partial charge in [0.15, 0.2) is 0 Å². The summed E-state index contributed by atoms with van der Waals surface area (Å²) < 4.78 is 5.67. The van der Waals surface area contributed by atoms with Gasteiger partial charge in [-0.25, -0.2) is 4.98 Å². The molecule has 2 aromatic rings. The Morgan fingerprint density at radius 1 is 1.17 bits per heavy atom. The van der Waals surface area contributed by atoms with Gasteiger partial charge in [0.25, 0.3) is 0 Å². The van der Waals surface area contributed by atoms with E-state index in [4.69, 9.17) is 22.7 Å². The SMILES string of the molecule is CCc1ccc(Oc2ccc(C(N)=S)nc2)cc1. The Balaban J connectivity index is 2.10. The highest BCUT2D eigenvalue weighted by atomic mass is 32.1. The number of nitrogens with zero attached hydrogens (tertiary/aromatic N) is 1. The third kappa shape index (κ3) is 3.05. The molecular weight excluding hydrogens is 244 g/mol. The topological polar surface area (TPSA) is 48.1 Å². The monoisotopic (exact) mass is 258 g/mol. The summed E-state index contributed by atoms with van der Waals surface area (Å²) >= 11 is 4.84. The summed E-state index contributed by atoms with van der Waals surface area (Å²) in [5.74, 6) is 1.45. The number of ether oxygens (including phenoxy) is 1. The van der Waals surface area contributed by atoms with Crippen LogP contribution in [-0.2, 0) is 6.42 Å². The quantitative estimate of drug-likeness (QED) is 0.856. The lowest BCUT2D eigenvalue weighted by Gasteiger charge is -2.06. The fourth-order valence-electron chi connectivity index (χ4n) is 1.52. The van der Waals surface area contributed by atoms with Crippen molar-refractivity contribution in [3.05, 3.63) is 53.9 Å². The second-order valence-corrected chi connectivity index (χ2v) is 4.28. The van der Waals surface area contributed by atoms with Gasteiger partial charge < -0.3 is 10.5 Å². The van der Waals surface area contributed by atoms with Gasteiger partial charge >= 0.3 is 0 Å². The number of thiocarbonyl (C=S) groups is 1. The van der Waals surface area contributed by atoms with Crippen molar-refractivity contribution in [2.45, 2.75) is 13.3 Å². The molecule has 1 aromatic carbocycles. The normalized spacial score (nSPS) is 10.1. The lowest BCUT2D eigenvalue weighted by molar-refractivity contribution is 0.480. The lowest BCUT2D eigenvalue weighted by Crippen LogP contribution is -2.10. The number of aryl methyl sites for hydroxylation is 1. The third-order valence-corrected chi connectivity index (χ3v) is 2.77. The first-order chi connectivity index (χ1) is 8.69. The number of rotatable bonds is 4. The molecule has 0 saturated heterocycles. The number of aromatic nitrogens is 1. The number of hydrogen-bond donors (Lipinski definition) is 1. The molecular formula is C14H14N2OS. The van der Waals surface area contributed by atoms with Gasteiger partial charge in [0.1, 0.15) is 16.5 Å². The molecule has 0 aliphatic heterocycles. The molecule has 2 rings (SSSR count). The molecule has 18 heavy (non-hydrogen) atoms. The van der Waals surface area contributed by atoms with Crippen LogP contribution < -0.4 is 10.5 Å². The molecule has 92 valence electrons. The summed E-state index contributed by atoms with van der Waals surface area (Å²) in [5.41, 5.74) is 7.35. The Morgan fingerprint density at radius 3 is 2.33 bits per heavy atom. The minimum absolute atomic E-state index is 0.286. The van der Waals surface area contributed by atoms with E-state index < -0.39 is 0 Å². The zero-order chi connectivity index (χ0) is 13.0. The molecule has 1 aromatic heterocycles. The first-order valence-electron chi connectivity index (χ1n) is 5.71. The van der Waals surface area contributed by atoms with Crippen molar-refractivity contribution >= 4 is 17.2 Å². The molecule has 0 radical (unpaired) electrons. The van der Waals surface area contributed by atoms with E-state index in [2.05, 4.69) is 11.9 Å². The summed E-state index contributed by atoms with van der Waals surface area (Å²) in [4.78, 5) is 4.40. The Kier molecular flexibility index (Phi) is 3.89. The van der Waals surface area contributed by atoms with Crippen LogP contribution in [0, 0.1) is 0 Å². The Bertz CT molecular complexity index is 535. The lowest BCUT2D eigenvalue weighted by atomic mass is 10.2. The van der Waals surface area contributed by atoms with E-state index in [1.807, 2.05) is 24.3 Å². The van der Waals surface area contributed by atoms with Gasteiger partial charge in [-0.1, -0.05) is 31.3 Å². The van der Waals surface area contributed by atoms with Crippen LogP contribution in [0.25, 0.3) is 0 Å². The van der Waals surface area contributed by atoms with Crippen molar-refractivity contribution in [1.29, 1.82) is 0 Å². The van der Waals surface area contributed by atoms with Crippen LogP contribution in [0.5, 0.6) is 11.5 Å². The van der Waals surface area contributed by atoms with Crippen LogP contribution in [0.3, 0.4) is 0 Å². The van der Waals surface area contributed by atoms with Crippen molar-refractivity contribution in [1.82, 2.24) is 4.98 Å². The number of nitrogens with two attached hydrogens (primary N) is 1. The van der Waals surface area contributed by atoms with E-state index in [1.165, 1.54) is 5.56 Å². The number of benzene rings is 1. The Labute approximate surface area is 112 Å². The molecule has 0 aliphatic rings. The Hall–Kier alpha value is -1.94. The first kappa shape index (κ1) is 12.5. The highest BCUT2D eigenvalue weighted by Crippen LogP contribution is 2.21. The molecule has 0 aliphatic carbocycles. The van der Waals surface area contributed by atoms with E-state index in [0.717, 1.165) is 12.2 Å². The van der Waals surface area contributed by atoms with Crippen molar-refractivity contribution in [3.63, 3.8) is 0 Å². The van der Waals surface area contributed by atoms with Crippen LogP contribution in [-0.4, -0.2) is 9.97 Å². The fourth-order valence-corrected chi connectivity index (χ4v) is 1.64. The zero-order valence-corrected chi connectivity index (χ0v) is 10.9. The fraction of sp³-hybridized carbons (Fsp3) is 0.143. The molecule has 2 N–H and O–H groups in total. The van der Waals surface area contributed by atoms with Crippen molar-refractivity contribution < 1.29 is 4.74 Å². The summed E-state index contributed by atoms with van der Waals surface area (Å²) in [6, 6.07) is 11.5. The number of pyridine rings is 1. The van der Waals surface area contributed by atoms with Crippen LogP contribution in [0.1, 0.15) is 18.2 Å². The van der Waals surface area contributed by atoms with Gasteiger partial charge in [0.05, 0.1) is 11.9 Å². The summed E-state index contributed by atoms with van der Waals surface area (Å²) in [6.45, 7) is 2.12. The smallest absolute Gasteiger partial charge is 0.145 e. The van der Waals surface area contributed by atoms with E-state index >= 15 is 0 Å². The maximum Gasteiger partial charge on any atom is 0.145 e. The van der Waals surface area contributed by atoms with Gasteiger partial charge in [-0.05, 0) is 36.2 Å². The van der Waals surface area contributed by atoms with Gasteiger partial charge in [0.2, 0.25) is 0 Å². The highest BCUT2D eigenvalue weighted by molar-refractivity contribution is 7.80. The maximum atomic E-state index is 5.67. The first-order valence-corrected chi connectivity index (χ1v) is 6.12. The van der Waals surface area contributed by atoms with Gasteiger partial charge in [-0.2, -0.15) is 0 Å². The van der Waals surface area contributed by atoms with Crippen LogP contribution in [0.4, 0.5) is 0 Å². The van der Waals surface area contributed by atoms with Crippen molar-refractivity contribution in [3.8, 4) is 11.5 Å². The molecule has 1 heterocycles. The van der Waals surface area contributed by atoms with E-state index in [-0.39, 0.29) is 4.99 Å². The minimum Gasteiger partial charge on any atom is -0.456 e. The molecule has 0 fully saturated rings. The zero-order valence-electron chi connectivity index (χ0n) is 10.1. The summed E-state index contributed by atoms with van der Waals surface area (Å²) in [5, 5.41) is 0. The van der Waals surface area contributed by atoms with E-state index in [1.54, 1.807) is 18.3 Å². The van der Waals surface area contributed by atoms with Crippen molar-refractivity contribution in [2.24, 2.45) is 5.73 Å². The summed E-state index contributed by atoms with van der Waals surface area (Å²) in [7, 11) is 0. The largest absolute Gasteiger partial charge is 0.456 e. The Morgan fingerprint density at radius 2 is 1.83 bits per heavy atom. The van der Waals surface area contributed by atoms with Gasteiger partial charge in [-0.3, -0.25) is 0 Å². The molecule has 3 nitrogen and oxygen atoms in total. The van der Waals surface area contributed by atoms with Crippen molar-refractivity contribution in [2.75, 3.05) is 0 Å². The standard InChI is InChI=1S/C14H14N2OS/c1-2-10-3-5-11(6-4-10)17-12-7-8-13(14(15)18)16-9-12/h3-9H,2H2,1H3,(H2,15,18). The molecule has 0 spiro atoms. The van der Waals surface area contributed by atoms with Crippen LogP contribution in [0.15, 0.2) is 42.6 Å². The second-order valence-electron chi connectivity index (χ2n) is 3.84. The predicted molar refractivity (Wildman–Crippen MR) is 76.0 cm³/mol.